The standard InChI is InChI=1S/C20H34N4O2/c1-6-21-20(23-14-19(25)22-11-12-26-5)24-16(4)18-9-7-17(8-10-18)13-15(2)3/h7-10,15-16H,6,11-14H2,1-5H3,(H,22,25)(H2,21,23,24). The first-order valence-electron chi connectivity index (χ1n) is 9.35. The van der Waals surface area contributed by atoms with Crippen LogP contribution in [0.3, 0.4) is 0 Å². The number of amides is 1. The van der Waals surface area contributed by atoms with E-state index in [1.165, 1.54) is 11.1 Å². The summed E-state index contributed by atoms with van der Waals surface area (Å²) in [4.78, 5) is 16.1. The van der Waals surface area contributed by atoms with Gasteiger partial charge in [-0.05, 0) is 37.3 Å². The normalized spacial score (nSPS) is 12.8. The molecule has 0 radical (unpaired) electrons. The summed E-state index contributed by atoms with van der Waals surface area (Å²) in [6, 6.07) is 8.76. The second-order valence-electron chi connectivity index (χ2n) is 6.74. The molecule has 1 aromatic rings. The van der Waals surface area contributed by atoms with Crippen LogP contribution in [0.4, 0.5) is 0 Å². The van der Waals surface area contributed by atoms with Crippen molar-refractivity contribution in [2.24, 2.45) is 10.9 Å². The topological polar surface area (TPSA) is 74.8 Å². The monoisotopic (exact) mass is 362 g/mol. The fourth-order valence-electron chi connectivity index (χ4n) is 2.52. The van der Waals surface area contributed by atoms with E-state index in [-0.39, 0.29) is 18.5 Å². The molecule has 0 spiro atoms. The van der Waals surface area contributed by atoms with Crippen LogP contribution in [-0.2, 0) is 16.0 Å². The zero-order chi connectivity index (χ0) is 19.4. The Morgan fingerprint density at radius 1 is 1.15 bits per heavy atom. The number of nitrogens with one attached hydrogen (secondary N) is 3. The molecule has 6 heteroatoms. The summed E-state index contributed by atoms with van der Waals surface area (Å²) in [6.07, 6.45) is 1.09. The highest BCUT2D eigenvalue weighted by molar-refractivity contribution is 5.85. The van der Waals surface area contributed by atoms with E-state index >= 15 is 0 Å². The molecule has 0 saturated carbocycles. The van der Waals surface area contributed by atoms with Gasteiger partial charge in [0.15, 0.2) is 5.96 Å². The van der Waals surface area contributed by atoms with Crippen LogP contribution in [0.5, 0.6) is 0 Å². The maximum absolute atomic E-state index is 11.8. The summed E-state index contributed by atoms with van der Waals surface area (Å²) < 4.78 is 4.91. The van der Waals surface area contributed by atoms with Crippen molar-refractivity contribution < 1.29 is 9.53 Å². The first-order valence-corrected chi connectivity index (χ1v) is 9.35. The van der Waals surface area contributed by atoms with Crippen LogP contribution in [0.1, 0.15) is 44.9 Å². The average Bonchev–Trinajstić information content (AvgIpc) is 2.60. The summed E-state index contributed by atoms with van der Waals surface area (Å²) in [7, 11) is 1.61. The van der Waals surface area contributed by atoms with Crippen molar-refractivity contribution in [3.8, 4) is 0 Å². The predicted molar refractivity (Wildman–Crippen MR) is 107 cm³/mol. The van der Waals surface area contributed by atoms with Gasteiger partial charge in [-0.15, -0.1) is 0 Å². The summed E-state index contributed by atoms with van der Waals surface area (Å²) in [5.41, 5.74) is 2.54. The maximum atomic E-state index is 11.8. The molecule has 0 aliphatic carbocycles. The molecule has 1 unspecified atom stereocenters. The van der Waals surface area contributed by atoms with Gasteiger partial charge < -0.3 is 20.7 Å². The van der Waals surface area contributed by atoms with Gasteiger partial charge in [-0.3, -0.25) is 4.79 Å². The molecule has 0 fully saturated rings. The number of methoxy groups -OCH3 is 1. The average molecular weight is 363 g/mol. The fourth-order valence-corrected chi connectivity index (χ4v) is 2.52. The van der Waals surface area contributed by atoms with Crippen LogP contribution >= 0.6 is 0 Å². The van der Waals surface area contributed by atoms with Crippen molar-refractivity contribution in [3.05, 3.63) is 35.4 Å². The number of carbonyl (C=O) groups excluding carboxylic acids is 1. The Balaban J connectivity index is 2.61. The highest BCUT2D eigenvalue weighted by Gasteiger charge is 2.09. The van der Waals surface area contributed by atoms with Crippen molar-refractivity contribution in [3.63, 3.8) is 0 Å². The maximum Gasteiger partial charge on any atom is 0.241 e. The van der Waals surface area contributed by atoms with Crippen molar-refractivity contribution in [2.75, 3.05) is 33.4 Å². The van der Waals surface area contributed by atoms with Crippen molar-refractivity contribution in [1.29, 1.82) is 0 Å². The van der Waals surface area contributed by atoms with E-state index in [0.29, 0.717) is 25.0 Å². The van der Waals surface area contributed by atoms with Gasteiger partial charge in [0.1, 0.15) is 6.54 Å². The molecule has 1 rings (SSSR count). The number of hydrogen-bond acceptors (Lipinski definition) is 3. The Kier molecular flexibility index (Phi) is 10.4. The molecule has 1 aromatic carbocycles. The number of aliphatic imine (C=N–C) groups is 1. The van der Waals surface area contributed by atoms with Gasteiger partial charge in [0.2, 0.25) is 5.91 Å². The number of rotatable bonds is 10. The highest BCUT2D eigenvalue weighted by Crippen LogP contribution is 2.15. The lowest BCUT2D eigenvalue weighted by Crippen LogP contribution is -2.40. The number of benzene rings is 1. The molecule has 0 aliphatic rings. The Bertz CT molecular complexity index is 555. The quantitative estimate of drug-likeness (QED) is 0.339. The minimum atomic E-state index is -0.120. The zero-order valence-corrected chi connectivity index (χ0v) is 16.8. The van der Waals surface area contributed by atoms with Crippen molar-refractivity contribution in [1.82, 2.24) is 16.0 Å². The van der Waals surface area contributed by atoms with Crippen LogP contribution in [0.2, 0.25) is 0 Å². The largest absolute Gasteiger partial charge is 0.383 e. The first-order chi connectivity index (χ1) is 12.5. The zero-order valence-electron chi connectivity index (χ0n) is 16.8. The molecule has 1 atom stereocenters. The van der Waals surface area contributed by atoms with Crippen LogP contribution in [0.15, 0.2) is 29.3 Å². The summed E-state index contributed by atoms with van der Waals surface area (Å²) >= 11 is 0. The molecule has 26 heavy (non-hydrogen) atoms. The summed E-state index contributed by atoms with van der Waals surface area (Å²) in [6.45, 7) is 10.3. The minimum absolute atomic E-state index is 0.0824. The molecule has 146 valence electrons. The number of guanidine groups is 1. The summed E-state index contributed by atoms with van der Waals surface area (Å²) in [5.74, 6) is 1.16. The minimum Gasteiger partial charge on any atom is -0.383 e. The molecular weight excluding hydrogens is 328 g/mol. The Morgan fingerprint density at radius 3 is 2.42 bits per heavy atom. The SMILES string of the molecule is CCNC(=NCC(=O)NCCOC)NC(C)c1ccc(CC(C)C)cc1. The van der Waals surface area contributed by atoms with E-state index in [0.717, 1.165) is 13.0 Å². The smallest absolute Gasteiger partial charge is 0.241 e. The number of ether oxygens (including phenoxy) is 1. The lowest BCUT2D eigenvalue weighted by Gasteiger charge is -2.18. The first kappa shape index (κ1) is 22.0. The van der Waals surface area contributed by atoms with Gasteiger partial charge in [0.25, 0.3) is 0 Å². The third-order valence-electron chi connectivity index (χ3n) is 3.83. The van der Waals surface area contributed by atoms with Gasteiger partial charge in [-0.1, -0.05) is 38.1 Å². The van der Waals surface area contributed by atoms with E-state index < -0.39 is 0 Å². The van der Waals surface area contributed by atoms with E-state index in [2.05, 4.69) is 66.0 Å². The van der Waals surface area contributed by atoms with Gasteiger partial charge in [0.05, 0.1) is 12.6 Å². The molecule has 0 aliphatic heterocycles. The van der Waals surface area contributed by atoms with Gasteiger partial charge in [0, 0.05) is 20.2 Å². The molecule has 6 nitrogen and oxygen atoms in total. The molecular formula is C20H34N4O2. The lowest BCUT2D eigenvalue weighted by molar-refractivity contribution is -0.119. The Morgan fingerprint density at radius 2 is 1.85 bits per heavy atom. The molecule has 1 amide bonds. The van der Waals surface area contributed by atoms with Crippen molar-refractivity contribution >= 4 is 11.9 Å². The molecule has 0 saturated heterocycles. The number of hydrogen-bond donors (Lipinski definition) is 3. The number of carbonyl (C=O) groups is 1. The molecule has 0 heterocycles. The van der Waals surface area contributed by atoms with E-state index in [4.69, 9.17) is 4.74 Å². The third-order valence-corrected chi connectivity index (χ3v) is 3.83. The lowest BCUT2D eigenvalue weighted by atomic mass is 10.00. The van der Waals surface area contributed by atoms with Crippen molar-refractivity contribution in [2.45, 2.75) is 40.2 Å². The summed E-state index contributed by atoms with van der Waals surface area (Å²) in [5, 5.41) is 9.29. The van der Waals surface area contributed by atoms with Crippen LogP contribution in [0.25, 0.3) is 0 Å². The van der Waals surface area contributed by atoms with Crippen LogP contribution in [0, 0.1) is 5.92 Å². The Labute approximate surface area is 157 Å². The molecule has 3 N–H and O–H groups in total. The highest BCUT2D eigenvalue weighted by atomic mass is 16.5. The van der Waals surface area contributed by atoms with Crippen LogP contribution < -0.4 is 16.0 Å². The second kappa shape index (κ2) is 12.3. The fraction of sp³-hybridized carbons (Fsp3) is 0.600. The third kappa shape index (κ3) is 8.85. The van der Waals surface area contributed by atoms with E-state index in [9.17, 15) is 4.79 Å². The Hall–Kier alpha value is -2.08. The van der Waals surface area contributed by atoms with E-state index in [1.807, 2.05) is 6.92 Å². The van der Waals surface area contributed by atoms with Gasteiger partial charge >= 0.3 is 0 Å². The number of nitrogens with zero attached hydrogens (tertiary/aromatic N) is 1. The van der Waals surface area contributed by atoms with Gasteiger partial charge in [-0.2, -0.15) is 0 Å². The van der Waals surface area contributed by atoms with Gasteiger partial charge in [-0.25, -0.2) is 4.99 Å². The van der Waals surface area contributed by atoms with Crippen LogP contribution in [-0.4, -0.2) is 45.2 Å². The second-order valence-corrected chi connectivity index (χ2v) is 6.74. The van der Waals surface area contributed by atoms with E-state index in [1.54, 1.807) is 7.11 Å². The molecule has 0 aromatic heterocycles. The molecule has 0 bridgehead atoms. The predicted octanol–water partition coefficient (Wildman–Crippen LogP) is 2.26.